The van der Waals surface area contributed by atoms with Crippen LogP contribution in [0.2, 0.25) is 0 Å². The molecule has 0 aromatic rings. The molecule has 0 aliphatic heterocycles. The van der Waals surface area contributed by atoms with Gasteiger partial charge in [0.2, 0.25) is 10.4 Å². The molecule has 2 amide bonds. The summed E-state index contributed by atoms with van der Waals surface area (Å²) in [5.41, 5.74) is 0. The van der Waals surface area contributed by atoms with E-state index < -0.39 is 26.1 Å². The van der Waals surface area contributed by atoms with Crippen LogP contribution in [0.4, 0.5) is 4.79 Å². The summed E-state index contributed by atoms with van der Waals surface area (Å²) in [5.74, 6) is 0. The summed E-state index contributed by atoms with van der Waals surface area (Å²) < 4.78 is 0. The third-order valence-corrected chi connectivity index (χ3v) is 3.49. The summed E-state index contributed by atoms with van der Waals surface area (Å²) in [7, 11) is 0. The molecule has 16 heavy (non-hydrogen) atoms. The molecular weight excluding hydrogens is 349 g/mol. The number of hydrogen-bond acceptors (Lipinski definition) is 3. The first-order valence-electron chi connectivity index (χ1n) is 3.48. The first kappa shape index (κ1) is 16.9. The second-order valence-corrected chi connectivity index (χ2v) is 5.87. The molecule has 2 unspecified atom stereocenters. The quantitative estimate of drug-likeness (QED) is 0.352. The zero-order valence-electron chi connectivity index (χ0n) is 7.23. The Hall–Kier alpha value is 0.930. The fraction of sp³-hybridized carbons (Fsp3) is 0.800. The molecule has 4 N–H and O–H groups in total. The first-order chi connectivity index (χ1) is 6.99. The van der Waals surface area contributed by atoms with Crippen molar-refractivity contribution in [3.63, 3.8) is 0 Å². The second-order valence-electron chi connectivity index (χ2n) is 2.53. The number of rotatable bonds is 4. The average Bonchev–Trinajstić information content (AvgIpc) is 2.00. The molecule has 0 bridgehead atoms. The number of carbonyl (C=O) groups is 1. The van der Waals surface area contributed by atoms with Gasteiger partial charge in [-0.1, -0.05) is 69.6 Å². The lowest BCUT2D eigenvalue weighted by Crippen LogP contribution is -2.58. The van der Waals surface area contributed by atoms with Crippen LogP contribution in [0.1, 0.15) is 0 Å². The van der Waals surface area contributed by atoms with E-state index in [1.165, 1.54) is 0 Å². The van der Waals surface area contributed by atoms with Gasteiger partial charge in [-0.3, -0.25) is 10.6 Å². The van der Waals surface area contributed by atoms with Crippen molar-refractivity contribution in [1.82, 2.24) is 10.6 Å². The van der Waals surface area contributed by atoms with Gasteiger partial charge >= 0.3 is 6.03 Å². The predicted octanol–water partition coefficient (Wildman–Crippen LogP) is 1.66. The number of nitrogens with one attached hydrogen (secondary N) is 2. The van der Waals surface area contributed by atoms with Gasteiger partial charge in [-0.25, -0.2) is 4.79 Å². The molecule has 0 aliphatic carbocycles. The normalized spacial score (nSPS) is 19.1. The minimum Gasteiger partial charge on any atom is -0.356 e. The van der Waals surface area contributed by atoms with Crippen LogP contribution in [0, 0.1) is 0 Å². The van der Waals surface area contributed by atoms with Crippen molar-refractivity contribution in [1.29, 1.82) is 0 Å². The van der Waals surface area contributed by atoms with Crippen molar-refractivity contribution in [2.75, 3.05) is 0 Å². The van der Waals surface area contributed by atoms with Gasteiger partial charge in [0.1, 0.15) is 0 Å². The highest BCUT2D eigenvalue weighted by molar-refractivity contribution is 6.50. The van der Waals surface area contributed by atoms with Crippen molar-refractivity contribution in [3.8, 4) is 0 Å². The van der Waals surface area contributed by atoms with E-state index in [4.69, 9.17) is 69.6 Å². The molecule has 0 saturated carbocycles. The van der Waals surface area contributed by atoms with Gasteiger partial charge in [0.15, 0.2) is 9.67 Å². The lowest BCUT2D eigenvalue weighted by atomic mass is 10.6. The van der Waals surface area contributed by atoms with E-state index in [2.05, 4.69) is 0 Å². The van der Waals surface area contributed by atoms with Gasteiger partial charge in [0.25, 0.3) is 0 Å². The molecule has 0 radical (unpaired) electrons. The minimum atomic E-state index is -2.44. The van der Waals surface area contributed by atoms with Crippen LogP contribution in [-0.4, -0.2) is 36.3 Å². The Morgan fingerprint density at radius 1 is 0.938 bits per heavy atom. The Labute approximate surface area is 121 Å². The van der Waals surface area contributed by atoms with Crippen molar-refractivity contribution in [2.24, 2.45) is 0 Å². The smallest absolute Gasteiger partial charge is 0.321 e. The van der Waals surface area contributed by atoms with Crippen LogP contribution in [-0.2, 0) is 0 Å². The van der Waals surface area contributed by atoms with Gasteiger partial charge < -0.3 is 10.2 Å². The third-order valence-electron chi connectivity index (χ3n) is 1.16. The van der Waals surface area contributed by atoms with Gasteiger partial charge in [-0.2, -0.15) is 0 Å². The largest absolute Gasteiger partial charge is 0.356 e. The molecule has 0 heterocycles. The van der Waals surface area contributed by atoms with E-state index >= 15 is 0 Å². The lowest BCUT2D eigenvalue weighted by Gasteiger charge is -2.27. The molecule has 0 fully saturated rings. The summed E-state index contributed by atoms with van der Waals surface area (Å²) in [4.78, 5) is 8.09. The fourth-order valence-corrected chi connectivity index (χ4v) is 0.849. The first-order valence-corrected chi connectivity index (χ1v) is 5.98. The fourth-order valence-electron chi connectivity index (χ4n) is 0.459. The van der Waals surface area contributed by atoms with Crippen LogP contribution in [0.3, 0.4) is 0 Å². The Balaban J connectivity index is 4.41. The molecule has 0 aromatic carbocycles. The molecule has 11 heteroatoms. The van der Waals surface area contributed by atoms with E-state index in [1.54, 1.807) is 10.6 Å². The summed E-state index contributed by atoms with van der Waals surface area (Å²) in [5, 5.41) is 17.0. The predicted molar refractivity (Wildman–Crippen MR) is 64.3 cm³/mol. The van der Waals surface area contributed by atoms with Crippen molar-refractivity contribution >= 4 is 75.6 Å². The number of hydrogen-bond donors (Lipinski definition) is 4. The number of halogens is 6. The number of urea groups is 1. The maximum atomic E-state index is 11.1. The Morgan fingerprint density at radius 3 is 1.38 bits per heavy atom. The van der Waals surface area contributed by atoms with Crippen molar-refractivity contribution in [2.45, 2.75) is 20.0 Å². The van der Waals surface area contributed by atoms with Gasteiger partial charge in [0.05, 0.1) is 0 Å². The monoisotopic (exact) mass is 352 g/mol. The average molecular weight is 355 g/mol. The van der Waals surface area contributed by atoms with E-state index in [0.29, 0.717) is 0 Å². The Bertz CT molecular complexity index is 235. The molecule has 0 saturated heterocycles. The molecule has 0 aromatic heterocycles. The second kappa shape index (κ2) is 6.20. The molecular formula is C5H6Cl6N2O3. The van der Waals surface area contributed by atoms with E-state index in [-0.39, 0.29) is 0 Å². The molecule has 96 valence electrons. The summed E-state index contributed by atoms with van der Waals surface area (Å²) in [6.45, 7) is 0. The van der Waals surface area contributed by atoms with Crippen LogP contribution < -0.4 is 10.6 Å². The van der Waals surface area contributed by atoms with Gasteiger partial charge in [-0.05, 0) is 0 Å². The molecule has 2 atom stereocenters. The maximum Gasteiger partial charge on any atom is 0.321 e. The van der Waals surface area contributed by atoms with Crippen LogP contribution in [0.25, 0.3) is 0 Å². The standard InChI is InChI=1S/C5H6Cl6N2O3/c6-1(7)4(10,15)12-3(14)13-5(11,16)2(8)9/h1-2,15-16H,(H2,12,13,14). The van der Waals surface area contributed by atoms with Crippen molar-refractivity contribution < 1.29 is 15.0 Å². The zero-order valence-corrected chi connectivity index (χ0v) is 11.8. The Kier molecular flexibility index (Phi) is 6.56. The third kappa shape index (κ3) is 5.51. The maximum absolute atomic E-state index is 11.1. The lowest BCUT2D eigenvalue weighted by molar-refractivity contribution is 0.0889. The number of amides is 2. The van der Waals surface area contributed by atoms with Crippen molar-refractivity contribution in [3.05, 3.63) is 0 Å². The summed E-state index contributed by atoms with van der Waals surface area (Å²) in [6.07, 6.45) is 0. The summed E-state index contributed by atoms with van der Waals surface area (Å²) >= 11 is 31.6. The van der Waals surface area contributed by atoms with E-state index in [9.17, 15) is 15.0 Å². The Morgan fingerprint density at radius 2 is 1.19 bits per heavy atom. The van der Waals surface area contributed by atoms with Crippen LogP contribution in [0.5, 0.6) is 0 Å². The number of aliphatic hydroxyl groups is 2. The molecule has 0 rings (SSSR count). The zero-order chi connectivity index (χ0) is 13.1. The number of carbonyl (C=O) groups excluding carboxylic acids is 1. The highest BCUT2D eigenvalue weighted by Crippen LogP contribution is 2.24. The van der Waals surface area contributed by atoms with Crippen LogP contribution in [0.15, 0.2) is 0 Å². The highest BCUT2D eigenvalue weighted by atomic mass is 35.5. The molecule has 5 nitrogen and oxygen atoms in total. The highest BCUT2D eigenvalue weighted by Gasteiger charge is 2.38. The van der Waals surface area contributed by atoms with Gasteiger partial charge in [-0.15, -0.1) is 0 Å². The molecule has 0 spiro atoms. The van der Waals surface area contributed by atoms with Crippen LogP contribution >= 0.6 is 69.6 Å². The van der Waals surface area contributed by atoms with E-state index in [0.717, 1.165) is 0 Å². The SMILES string of the molecule is O=C(NC(O)(Cl)C(Cl)Cl)NC(O)(Cl)C(Cl)Cl. The molecule has 0 aliphatic rings. The number of alkyl halides is 6. The minimum absolute atomic E-state index is 1.19. The topological polar surface area (TPSA) is 81.6 Å². The summed E-state index contributed by atoms with van der Waals surface area (Å²) in [6, 6.07) is -1.19. The van der Waals surface area contributed by atoms with Gasteiger partial charge in [0, 0.05) is 0 Å². The van der Waals surface area contributed by atoms with E-state index in [1.807, 2.05) is 0 Å².